The fraction of sp³-hybridized carbons (Fsp3) is 0.571. The number of para-hydroxylation sites is 1. The number of phenolic OH excluding ortho intramolecular Hbond substituents is 1. The normalized spacial score (nSPS) is 18.6. The third-order valence-corrected chi connectivity index (χ3v) is 5.38. The molecule has 0 amide bonds. The first kappa shape index (κ1) is 15.3. The minimum Gasteiger partial charge on any atom is -0.507 e. The molecule has 0 aromatic heterocycles. The Morgan fingerprint density at radius 3 is 2.30 bits per heavy atom. The number of aromatic hydroxyl groups is 1. The Morgan fingerprint density at radius 1 is 1.15 bits per heavy atom. The largest absolute Gasteiger partial charge is 0.507 e. The van der Waals surface area contributed by atoms with Gasteiger partial charge in [0.2, 0.25) is 10.0 Å². The Kier molecular flexibility index (Phi) is 4.67. The van der Waals surface area contributed by atoms with Gasteiger partial charge in [-0.25, -0.2) is 8.42 Å². The van der Waals surface area contributed by atoms with Crippen LogP contribution in [0.25, 0.3) is 0 Å². The molecule has 0 unspecified atom stereocenters. The molecule has 0 atom stereocenters. The highest BCUT2D eigenvalue weighted by molar-refractivity contribution is 7.89. The van der Waals surface area contributed by atoms with Crippen LogP contribution in [0, 0.1) is 5.92 Å². The zero-order valence-electron chi connectivity index (χ0n) is 12.0. The van der Waals surface area contributed by atoms with Gasteiger partial charge in [-0.2, -0.15) is 4.31 Å². The van der Waals surface area contributed by atoms with E-state index < -0.39 is 10.0 Å². The molecule has 0 bridgehead atoms. The van der Waals surface area contributed by atoms with E-state index in [9.17, 15) is 13.5 Å². The molecule has 0 radical (unpaired) electrons. The van der Waals surface area contributed by atoms with Crippen molar-refractivity contribution in [2.24, 2.45) is 5.92 Å². The van der Waals surface area contributed by atoms with Gasteiger partial charge in [-0.15, -0.1) is 0 Å². The molecule has 20 heavy (non-hydrogen) atoms. The fourth-order valence-corrected chi connectivity index (χ4v) is 3.99. The van der Waals surface area contributed by atoms with Crippen molar-refractivity contribution in [2.75, 3.05) is 32.7 Å². The van der Waals surface area contributed by atoms with Crippen LogP contribution < -0.4 is 0 Å². The van der Waals surface area contributed by atoms with Gasteiger partial charge in [0.1, 0.15) is 10.6 Å². The summed E-state index contributed by atoms with van der Waals surface area (Å²) in [6.45, 7) is 7.74. The molecule has 1 N–H and O–H groups in total. The van der Waals surface area contributed by atoms with E-state index >= 15 is 0 Å². The number of hydrogen-bond donors (Lipinski definition) is 1. The van der Waals surface area contributed by atoms with Gasteiger partial charge in [-0.05, 0) is 18.1 Å². The number of phenols is 1. The van der Waals surface area contributed by atoms with E-state index in [-0.39, 0.29) is 10.6 Å². The second kappa shape index (κ2) is 6.11. The maximum atomic E-state index is 12.5. The van der Waals surface area contributed by atoms with Crippen LogP contribution in [-0.2, 0) is 10.0 Å². The Balaban J connectivity index is 2.08. The van der Waals surface area contributed by atoms with Gasteiger partial charge in [0.15, 0.2) is 0 Å². The van der Waals surface area contributed by atoms with Crippen molar-refractivity contribution in [3.63, 3.8) is 0 Å². The molecular formula is C14H22N2O3S. The topological polar surface area (TPSA) is 60.9 Å². The second-order valence-electron chi connectivity index (χ2n) is 5.57. The molecule has 1 heterocycles. The molecule has 1 aliphatic heterocycles. The predicted octanol–water partition coefficient (Wildman–Crippen LogP) is 1.35. The average Bonchev–Trinajstić information content (AvgIpc) is 2.39. The van der Waals surface area contributed by atoms with Crippen molar-refractivity contribution < 1.29 is 13.5 Å². The molecule has 1 aliphatic rings. The van der Waals surface area contributed by atoms with Crippen molar-refractivity contribution in [2.45, 2.75) is 18.7 Å². The first-order chi connectivity index (χ1) is 9.41. The van der Waals surface area contributed by atoms with Crippen molar-refractivity contribution in [3.05, 3.63) is 24.3 Å². The smallest absolute Gasteiger partial charge is 0.246 e. The molecule has 5 nitrogen and oxygen atoms in total. The zero-order chi connectivity index (χ0) is 14.8. The van der Waals surface area contributed by atoms with Crippen molar-refractivity contribution in [1.82, 2.24) is 9.21 Å². The van der Waals surface area contributed by atoms with Crippen molar-refractivity contribution >= 4 is 10.0 Å². The van der Waals surface area contributed by atoms with Crippen LogP contribution in [-0.4, -0.2) is 55.5 Å². The van der Waals surface area contributed by atoms with E-state index in [1.807, 2.05) is 0 Å². The van der Waals surface area contributed by atoms with Crippen molar-refractivity contribution in [1.29, 1.82) is 0 Å². The molecule has 1 aromatic rings. The molecule has 2 rings (SSSR count). The van der Waals surface area contributed by atoms with Crippen LogP contribution >= 0.6 is 0 Å². The quantitative estimate of drug-likeness (QED) is 0.911. The summed E-state index contributed by atoms with van der Waals surface area (Å²) in [7, 11) is -3.59. The molecule has 0 aliphatic carbocycles. The monoisotopic (exact) mass is 298 g/mol. The van der Waals surface area contributed by atoms with E-state index in [2.05, 4.69) is 18.7 Å². The molecular weight excluding hydrogens is 276 g/mol. The highest BCUT2D eigenvalue weighted by atomic mass is 32.2. The Labute approximate surface area is 120 Å². The molecule has 1 saturated heterocycles. The van der Waals surface area contributed by atoms with Gasteiger partial charge >= 0.3 is 0 Å². The van der Waals surface area contributed by atoms with Crippen molar-refractivity contribution in [3.8, 4) is 5.75 Å². The third-order valence-electron chi connectivity index (χ3n) is 3.44. The van der Waals surface area contributed by atoms with Crippen LogP contribution in [0.3, 0.4) is 0 Å². The van der Waals surface area contributed by atoms with E-state index in [0.717, 1.165) is 19.6 Å². The number of piperazine rings is 1. The van der Waals surface area contributed by atoms with Gasteiger partial charge in [-0.3, -0.25) is 0 Å². The summed E-state index contributed by atoms with van der Waals surface area (Å²) in [5.41, 5.74) is 0. The lowest BCUT2D eigenvalue weighted by Crippen LogP contribution is -2.49. The molecule has 0 spiro atoms. The zero-order valence-corrected chi connectivity index (χ0v) is 12.8. The number of benzene rings is 1. The van der Waals surface area contributed by atoms with E-state index in [4.69, 9.17) is 0 Å². The number of nitrogens with zero attached hydrogens (tertiary/aromatic N) is 2. The van der Waals surface area contributed by atoms with Crippen LogP contribution in [0.1, 0.15) is 13.8 Å². The van der Waals surface area contributed by atoms with Gasteiger partial charge < -0.3 is 10.0 Å². The fourth-order valence-electron chi connectivity index (χ4n) is 2.48. The lowest BCUT2D eigenvalue weighted by molar-refractivity contribution is 0.172. The summed E-state index contributed by atoms with van der Waals surface area (Å²) in [6, 6.07) is 6.10. The molecule has 1 fully saturated rings. The summed E-state index contributed by atoms with van der Waals surface area (Å²) in [6.07, 6.45) is 0. The highest BCUT2D eigenvalue weighted by Crippen LogP contribution is 2.25. The SMILES string of the molecule is CC(C)CN1CCN(S(=O)(=O)c2ccccc2O)CC1. The van der Waals surface area contributed by atoms with Gasteiger partial charge in [0.05, 0.1) is 0 Å². The van der Waals surface area contributed by atoms with Gasteiger partial charge in [0.25, 0.3) is 0 Å². The summed E-state index contributed by atoms with van der Waals surface area (Å²) in [4.78, 5) is 2.28. The Bertz CT molecular complexity index is 549. The minimum atomic E-state index is -3.59. The molecule has 1 aromatic carbocycles. The summed E-state index contributed by atoms with van der Waals surface area (Å²) < 4.78 is 26.4. The van der Waals surface area contributed by atoms with Gasteiger partial charge in [0, 0.05) is 32.7 Å². The molecule has 112 valence electrons. The Hall–Kier alpha value is -1.11. The number of sulfonamides is 1. The second-order valence-corrected chi connectivity index (χ2v) is 7.47. The van der Waals surface area contributed by atoms with Crippen LogP contribution in [0.4, 0.5) is 0 Å². The standard InChI is InChI=1S/C14H22N2O3S/c1-12(2)11-15-7-9-16(10-8-15)20(18,19)14-6-4-3-5-13(14)17/h3-6,12,17H,7-11H2,1-2H3. The lowest BCUT2D eigenvalue weighted by Gasteiger charge is -2.34. The van der Waals surface area contributed by atoms with E-state index in [0.29, 0.717) is 19.0 Å². The lowest BCUT2D eigenvalue weighted by atomic mass is 10.2. The van der Waals surface area contributed by atoms with Crippen LogP contribution in [0.2, 0.25) is 0 Å². The van der Waals surface area contributed by atoms with Gasteiger partial charge in [-0.1, -0.05) is 26.0 Å². The first-order valence-electron chi connectivity index (χ1n) is 6.92. The number of rotatable bonds is 4. The molecule has 0 saturated carbocycles. The first-order valence-corrected chi connectivity index (χ1v) is 8.36. The van der Waals surface area contributed by atoms with E-state index in [1.165, 1.54) is 16.4 Å². The number of hydrogen-bond acceptors (Lipinski definition) is 4. The summed E-state index contributed by atoms with van der Waals surface area (Å²) in [5, 5.41) is 9.73. The maximum Gasteiger partial charge on any atom is 0.246 e. The summed E-state index contributed by atoms with van der Waals surface area (Å²) in [5.74, 6) is 0.397. The Morgan fingerprint density at radius 2 is 1.75 bits per heavy atom. The predicted molar refractivity (Wildman–Crippen MR) is 78.1 cm³/mol. The highest BCUT2D eigenvalue weighted by Gasteiger charge is 2.30. The molecule has 6 heteroatoms. The minimum absolute atomic E-state index is 0.00249. The summed E-state index contributed by atoms with van der Waals surface area (Å²) >= 11 is 0. The van der Waals surface area contributed by atoms with Crippen LogP contribution in [0.15, 0.2) is 29.2 Å². The van der Waals surface area contributed by atoms with E-state index in [1.54, 1.807) is 12.1 Å². The third kappa shape index (κ3) is 3.31. The average molecular weight is 298 g/mol. The van der Waals surface area contributed by atoms with Crippen LogP contribution in [0.5, 0.6) is 5.75 Å². The maximum absolute atomic E-state index is 12.5.